The van der Waals surface area contributed by atoms with Crippen LogP contribution >= 0.6 is 0 Å². The third kappa shape index (κ3) is 4.47. The van der Waals surface area contributed by atoms with Gasteiger partial charge in [0.15, 0.2) is 5.78 Å². The lowest BCUT2D eigenvalue weighted by atomic mass is 10.1. The van der Waals surface area contributed by atoms with E-state index < -0.39 is 11.7 Å². The van der Waals surface area contributed by atoms with E-state index in [1.165, 1.54) is 0 Å². The standard InChI is InChI=1S/C13H16F3NO/c1-2-3-4-5-6-12(18)11-8-7-10(9-17-11)13(14,15)16/h7-9H,2-6H2,1H3. The molecule has 0 unspecified atom stereocenters. The lowest BCUT2D eigenvalue weighted by Crippen LogP contribution is -2.08. The summed E-state index contributed by atoms with van der Waals surface area (Å²) in [5, 5.41) is 0. The van der Waals surface area contributed by atoms with Gasteiger partial charge in [-0.15, -0.1) is 0 Å². The fourth-order valence-corrected chi connectivity index (χ4v) is 1.57. The molecule has 0 spiro atoms. The maximum Gasteiger partial charge on any atom is 0.417 e. The van der Waals surface area contributed by atoms with Crippen molar-refractivity contribution in [3.8, 4) is 0 Å². The first-order valence-electron chi connectivity index (χ1n) is 6.01. The highest BCUT2D eigenvalue weighted by Crippen LogP contribution is 2.28. The van der Waals surface area contributed by atoms with Crippen molar-refractivity contribution < 1.29 is 18.0 Å². The van der Waals surface area contributed by atoms with E-state index in [2.05, 4.69) is 11.9 Å². The van der Waals surface area contributed by atoms with Gasteiger partial charge in [-0.2, -0.15) is 13.2 Å². The van der Waals surface area contributed by atoms with Crippen LogP contribution in [0.25, 0.3) is 0 Å². The van der Waals surface area contributed by atoms with E-state index in [9.17, 15) is 18.0 Å². The van der Waals surface area contributed by atoms with Crippen LogP contribution in [0.5, 0.6) is 0 Å². The van der Waals surface area contributed by atoms with Gasteiger partial charge in [0.2, 0.25) is 0 Å². The van der Waals surface area contributed by atoms with Crippen LogP contribution in [0.3, 0.4) is 0 Å². The average Bonchev–Trinajstić information content (AvgIpc) is 2.33. The second-order valence-electron chi connectivity index (χ2n) is 4.16. The van der Waals surface area contributed by atoms with Gasteiger partial charge in [0.1, 0.15) is 5.69 Å². The summed E-state index contributed by atoms with van der Waals surface area (Å²) >= 11 is 0. The van der Waals surface area contributed by atoms with Crippen molar-refractivity contribution in [3.63, 3.8) is 0 Å². The Bertz CT molecular complexity index is 384. The minimum absolute atomic E-state index is 0.111. The molecular weight excluding hydrogens is 243 g/mol. The molecule has 0 aliphatic rings. The van der Waals surface area contributed by atoms with E-state index in [-0.39, 0.29) is 11.5 Å². The second-order valence-corrected chi connectivity index (χ2v) is 4.16. The molecule has 0 aliphatic heterocycles. The lowest BCUT2D eigenvalue weighted by Gasteiger charge is -2.06. The van der Waals surface area contributed by atoms with Crippen molar-refractivity contribution in [3.05, 3.63) is 29.6 Å². The minimum Gasteiger partial charge on any atom is -0.292 e. The van der Waals surface area contributed by atoms with Crippen LogP contribution in [0.1, 0.15) is 55.1 Å². The van der Waals surface area contributed by atoms with Crippen LogP contribution in [-0.4, -0.2) is 10.8 Å². The summed E-state index contributed by atoms with van der Waals surface area (Å²) in [6, 6.07) is 2.04. The van der Waals surface area contributed by atoms with Crippen molar-refractivity contribution >= 4 is 5.78 Å². The van der Waals surface area contributed by atoms with Crippen LogP contribution in [-0.2, 0) is 6.18 Å². The topological polar surface area (TPSA) is 30.0 Å². The van der Waals surface area contributed by atoms with E-state index in [1.807, 2.05) is 0 Å². The van der Waals surface area contributed by atoms with Crippen LogP contribution in [0.4, 0.5) is 13.2 Å². The lowest BCUT2D eigenvalue weighted by molar-refractivity contribution is -0.137. The molecule has 2 nitrogen and oxygen atoms in total. The van der Waals surface area contributed by atoms with E-state index in [0.717, 1.165) is 37.8 Å². The Kier molecular flexibility index (Phi) is 5.31. The van der Waals surface area contributed by atoms with Crippen LogP contribution in [0.2, 0.25) is 0 Å². The number of unbranched alkanes of at least 4 members (excludes halogenated alkanes) is 3. The van der Waals surface area contributed by atoms with Crippen LogP contribution in [0.15, 0.2) is 18.3 Å². The van der Waals surface area contributed by atoms with Gasteiger partial charge in [-0.1, -0.05) is 26.2 Å². The summed E-state index contributed by atoms with van der Waals surface area (Å²) in [7, 11) is 0. The Morgan fingerprint density at radius 1 is 1.22 bits per heavy atom. The Balaban J connectivity index is 2.54. The highest BCUT2D eigenvalue weighted by atomic mass is 19.4. The molecule has 0 saturated carbocycles. The number of ketones is 1. The van der Waals surface area contributed by atoms with E-state index in [1.54, 1.807) is 0 Å². The largest absolute Gasteiger partial charge is 0.417 e. The molecule has 1 aromatic heterocycles. The molecule has 0 aliphatic carbocycles. The first-order chi connectivity index (χ1) is 8.45. The SMILES string of the molecule is CCCCCCC(=O)c1ccc(C(F)(F)F)cn1. The highest BCUT2D eigenvalue weighted by Gasteiger charge is 2.30. The number of rotatable bonds is 6. The average molecular weight is 259 g/mol. The number of Topliss-reactive ketones (excluding diaryl/α,β-unsaturated/α-hetero) is 1. The molecule has 0 fully saturated rings. The van der Waals surface area contributed by atoms with Crippen molar-refractivity contribution in [1.82, 2.24) is 4.98 Å². The molecular formula is C13H16F3NO. The first kappa shape index (κ1) is 14.7. The van der Waals surface area contributed by atoms with Crippen molar-refractivity contribution in [2.75, 3.05) is 0 Å². The van der Waals surface area contributed by atoms with Crippen LogP contribution in [0, 0.1) is 0 Å². The Hall–Kier alpha value is -1.39. The second kappa shape index (κ2) is 6.52. The van der Waals surface area contributed by atoms with Crippen molar-refractivity contribution in [2.45, 2.75) is 45.2 Å². The summed E-state index contributed by atoms with van der Waals surface area (Å²) in [5.41, 5.74) is -0.718. The summed E-state index contributed by atoms with van der Waals surface area (Å²) in [6.07, 6.45) is 0.506. The third-order valence-electron chi connectivity index (χ3n) is 2.63. The zero-order valence-corrected chi connectivity index (χ0v) is 10.3. The Morgan fingerprint density at radius 3 is 2.44 bits per heavy atom. The van der Waals surface area contributed by atoms with Gasteiger partial charge in [-0.25, -0.2) is 0 Å². The summed E-state index contributed by atoms with van der Waals surface area (Å²) in [6.45, 7) is 2.07. The number of hydrogen-bond acceptors (Lipinski definition) is 2. The summed E-state index contributed by atoms with van der Waals surface area (Å²) in [4.78, 5) is 15.2. The van der Waals surface area contributed by atoms with Gasteiger partial charge >= 0.3 is 6.18 Å². The van der Waals surface area contributed by atoms with Gasteiger partial charge in [0.05, 0.1) is 5.56 Å². The molecule has 0 amide bonds. The van der Waals surface area contributed by atoms with Gasteiger partial charge in [0.25, 0.3) is 0 Å². The molecule has 18 heavy (non-hydrogen) atoms. The van der Waals surface area contributed by atoms with E-state index in [0.29, 0.717) is 12.6 Å². The van der Waals surface area contributed by atoms with Gasteiger partial charge in [-0.3, -0.25) is 9.78 Å². The molecule has 0 aromatic carbocycles. The Labute approximate surface area is 104 Å². The van der Waals surface area contributed by atoms with Gasteiger partial charge in [-0.05, 0) is 18.6 Å². The molecule has 0 radical (unpaired) electrons. The van der Waals surface area contributed by atoms with Crippen molar-refractivity contribution in [1.29, 1.82) is 0 Å². The maximum absolute atomic E-state index is 12.3. The minimum atomic E-state index is -4.41. The fourth-order valence-electron chi connectivity index (χ4n) is 1.57. The highest BCUT2D eigenvalue weighted by molar-refractivity contribution is 5.94. The smallest absolute Gasteiger partial charge is 0.292 e. The molecule has 1 aromatic rings. The molecule has 5 heteroatoms. The molecule has 0 bridgehead atoms. The summed E-state index contributed by atoms with van der Waals surface area (Å²) < 4.78 is 36.8. The Morgan fingerprint density at radius 2 is 1.94 bits per heavy atom. The quantitative estimate of drug-likeness (QED) is 0.564. The number of carbonyl (C=O) groups excluding carboxylic acids is 1. The number of alkyl halides is 3. The number of carbonyl (C=O) groups is 1. The number of hydrogen-bond donors (Lipinski definition) is 0. The van der Waals surface area contributed by atoms with E-state index in [4.69, 9.17) is 0 Å². The zero-order chi connectivity index (χ0) is 13.6. The van der Waals surface area contributed by atoms with Crippen molar-refractivity contribution in [2.24, 2.45) is 0 Å². The number of pyridine rings is 1. The normalized spacial score (nSPS) is 11.6. The van der Waals surface area contributed by atoms with Crippen LogP contribution < -0.4 is 0 Å². The fraction of sp³-hybridized carbons (Fsp3) is 0.538. The third-order valence-corrected chi connectivity index (χ3v) is 2.63. The monoisotopic (exact) mass is 259 g/mol. The molecule has 100 valence electrons. The molecule has 0 atom stereocenters. The molecule has 1 rings (SSSR count). The number of nitrogens with zero attached hydrogens (tertiary/aromatic N) is 1. The van der Waals surface area contributed by atoms with Gasteiger partial charge < -0.3 is 0 Å². The molecule has 1 heterocycles. The van der Waals surface area contributed by atoms with E-state index >= 15 is 0 Å². The number of halogens is 3. The zero-order valence-electron chi connectivity index (χ0n) is 10.3. The van der Waals surface area contributed by atoms with Gasteiger partial charge in [0, 0.05) is 12.6 Å². The number of aromatic nitrogens is 1. The summed E-state index contributed by atoms with van der Waals surface area (Å²) in [5.74, 6) is -0.195. The first-order valence-corrected chi connectivity index (χ1v) is 6.01. The predicted molar refractivity (Wildman–Crippen MR) is 62.3 cm³/mol. The molecule has 0 N–H and O–H groups in total. The molecule has 0 saturated heterocycles. The maximum atomic E-state index is 12.3. The predicted octanol–water partition coefficient (Wildman–Crippen LogP) is 4.25.